The predicted octanol–water partition coefficient (Wildman–Crippen LogP) is 2.51. The molecule has 0 heterocycles. The largest absolute Gasteiger partial charge is 0.478 e. The molecular weight excluding hydrogens is 340 g/mol. The van der Waals surface area contributed by atoms with Crippen LogP contribution in [0.4, 0.5) is 11.4 Å². The Morgan fingerprint density at radius 3 is 1.88 bits per heavy atom. The van der Waals surface area contributed by atoms with Crippen LogP contribution < -0.4 is 11.1 Å². The van der Waals surface area contributed by atoms with Crippen molar-refractivity contribution in [1.82, 2.24) is 0 Å². The summed E-state index contributed by atoms with van der Waals surface area (Å²) in [6.07, 6.45) is 0.00567. The second-order valence-electron chi connectivity index (χ2n) is 5.41. The number of ketones is 1. The lowest BCUT2D eigenvalue weighted by molar-refractivity contribution is 0.0689. The smallest absolute Gasteiger partial charge is 0.336 e. The van der Waals surface area contributed by atoms with Gasteiger partial charge in [-0.3, -0.25) is 9.59 Å². The number of nitrogens with one attached hydrogen (secondary N) is 1. The van der Waals surface area contributed by atoms with Crippen LogP contribution in [0.2, 0.25) is 0 Å². The van der Waals surface area contributed by atoms with Crippen molar-refractivity contribution in [3.05, 3.63) is 58.7 Å². The van der Waals surface area contributed by atoms with Gasteiger partial charge in [-0.1, -0.05) is 6.92 Å². The van der Waals surface area contributed by atoms with Gasteiger partial charge in [-0.15, -0.1) is 0 Å². The number of amides is 1. The number of carboxylic acid groups (broad SMARTS) is 2. The Kier molecular flexibility index (Phi) is 5.36. The SMILES string of the molecule is CCC(=O)c1cc(C(=O)Nc2ccc(N)cc2)c(C(=O)O)cc1C(=O)O. The van der Waals surface area contributed by atoms with Crippen molar-refractivity contribution in [3.63, 3.8) is 0 Å². The molecule has 0 spiro atoms. The molecule has 2 rings (SSSR count). The highest BCUT2D eigenvalue weighted by molar-refractivity contribution is 6.15. The Bertz CT molecular complexity index is 903. The van der Waals surface area contributed by atoms with Crippen LogP contribution in [0.25, 0.3) is 0 Å². The standard InChI is InChI=1S/C18H16N2O6/c1-2-15(21)11-7-12(14(18(25)26)8-13(11)17(23)24)16(22)20-10-5-3-9(19)4-6-10/h3-8H,2,19H2,1H3,(H,20,22)(H,23,24)(H,25,26). The molecule has 0 aliphatic carbocycles. The summed E-state index contributed by atoms with van der Waals surface area (Å²) in [6.45, 7) is 1.53. The lowest BCUT2D eigenvalue weighted by Crippen LogP contribution is -2.20. The summed E-state index contributed by atoms with van der Waals surface area (Å²) in [7, 11) is 0. The van der Waals surface area contributed by atoms with Gasteiger partial charge in [0.2, 0.25) is 0 Å². The summed E-state index contributed by atoms with van der Waals surface area (Å²) in [5.41, 5.74) is 4.92. The Morgan fingerprint density at radius 2 is 1.38 bits per heavy atom. The van der Waals surface area contributed by atoms with Crippen LogP contribution in [0, 0.1) is 0 Å². The molecule has 0 aromatic heterocycles. The maximum atomic E-state index is 12.5. The number of carboxylic acids is 2. The van der Waals surface area contributed by atoms with Gasteiger partial charge in [0.15, 0.2) is 5.78 Å². The number of anilines is 2. The van der Waals surface area contributed by atoms with Crippen molar-refractivity contribution in [1.29, 1.82) is 0 Å². The number of carbonyl (C=O) groups excluding carboxylic acids is 2. The van der Waals surface area contributed by atoms with Gasteiger partial charge < -0.3 is 21.3 Å². The molecule has 134 valence electrons. The van der Waals surface area contributed by atoms with E-state index in [0.29, 0.717) is 11.4 Å². The van der Waals surface area contributed by atoms with E-state index >= 15 is 0 Å². The molecule has 8 heteroatoms. The topological polar surface area (TPSA) is 147 Å². The Balaban J connectivity index is 2.55. The van der Waals surface area contributed by atoms with Crippen LogP contribution in [-0.2, 0) is 0 Å². The number of carbonyl (C=O) groups is 4. The molecule has 0 radical (unpaired) electrons. The quantitative estimate of drug-likeness (QED) is 0.459. The number of rotatable bonds is 6. The van der Waals surface area contributed by atoms with Gasteiger partial charge in [-0.05, 0) is 36.4 Å². The average molecular weight is 356 g/mol. The van der Waals surface area contributed by atoms with E-state index in [-0.39, 0.29) is 17.5 Å². The highest BCUT2D eigenvalue weighted by Gasteiger charge is 2.25. The zero-order valence-electron chi connectivity index (χ0n) is 13.8. The van der Waals surface area contributed by atoms with Gasteiger partial charge in [0, 0.05) is 23.4 Å². The first kappa shape index (κ1) is 18.7. The molecule has 0 aliphatic heterocycles. The van der Waals surface area contributed by atoms with E-state index in [0.717, 1.165) is 12.1 Å². The number of Topliss-reactive ketones (excluding diaryl/α,β-unsaturated/α-hetero) is 1. The normalized spacial score (nSPS) is 10.2. The van der Waals surface area contributed by atoms with Crippen LogP contribution in [0.5, 0.6) is 0 Å². The minimum Gasteiger partial charge on any atom is -0.478 e. The summed E-state index contributed by atoms with van der Waals surface area (Å²) >= 11 is 0. The Labute approximate surface area is 148 Å². The van der Waals surface area contributed by atoms with Crippen molar-refractivity contribution in [2.45, 2.75) is 13.3 Å². The number of aromatic carboxylic acids is 2. The number of hydrogen-bond acceptors (Lipinski definition) is 5. The highest BCUT2D eigenvalue weighted by atomic mass is 16.4. The highest BCUT2D eigenvalue weighted by Crippen LogP contribution is 2.21. The van der Waals surface area contributed by atoms with E-state index < -0.39 is 34.8 Å². The van der Waals surface area contributed by atoms with E-state index in [9.17, 15) is 29.4 Å². The lowest BCUT2D eigenvalue weighted by atomic mass is 9.94. The molecular formula is C18H16N2O6. The van der Waals surface area contributed by atoms with Crippen LogP contribution in [-0.4, -0.2) is 33.8 Å². The van der Waals surface area contributed by atoms with Crippen LogP contribution in [0.3, 0.4) is 0 Å². The van der Waals surface area contributed by atoms with Crippen LogP contribution >= 0.6 is 0 Å². The first-order valence-corrected chi connectivity index (χ1v) is 7.59. The Morgan fingerprint density at radius 1 is 0.885 bits per heavy atom. The molecule has 0 fully saturated rings. The van der Waals surface area contributed by atoms with Crippen molar-refractivity contribution in [2.75, 3.05) is 11.1 Å². The zero-order chi connectivity index (χ0) is 19.4. The molecule has 8 nitrogen and oxygen atoms in total. The summed E-state index contributed by atoms with van der Waals surface area (Å²) < 4.78 is 0. The van der Waals surface area contributed by atoms with Gasteiger partial charge in [0.05, 0.1) is 16.7 Å². The third-order valence-electron chi connectivity index (χ3n) is 3.65. The van der Waals surface area contributed by atoms with E-state index in [1.807, 2.05) is 0 Å². The number of nitrogen functional groups attached to an aromatic ring is 1. The first-order chi connectivity index (χ1) is 12.2. The molecule has 2 aromatic rings. The molecule has 5 N–H and O–H groups in total. The van der Waals surface area contributed by atoms with Crippen molar-refractivity contribution in [3.8, 4) is 0 Å². The van der Waals surface area contributed by atoms with Crippen molar-refractivity contribution in [2.24, 2.45) is 0 Å². The summed E-state index contributed by atoms with van der Waals surface area (Å²) in [6, 6.07) is 7.98. The Hall–Kier alpha value is -3.68. The van der Waals surface area contributed by atoms with E-state index in [1.54, 1.807) is 12.1 Å². The fourth-order valence-electron chi connectivity index (χ4n) is 2.33. The molecule has 0 aliphatic rings. The minimum atomic E-state index is -1.48. The third kappa shape index (κ3) is 3.86. The van der Waals surface area contributed by atoms with E-state index in [1.165, 1.54) is 19.1 Å². The summed E-state index contributed by atoms with van der Waals surface area (Å²) in [4.78, 5) is 47.4. The number of nitrogens with two attached hydrogens (primary N) is 1. The summed E-state index contributed by atoms with van der Waals surface area (Å²) in [5.74, 6) is -4.23. The van der Waals surface area contributed by atoms with Gasteiger partial charge in [0.25, 0.3) is 5.91 Å². The minimum absolute atomic E-state index is 0.00567. The predicted molar refractivity (Wildman–Crippen MR) is 93.8 cm³/mol. The van der Waals surface area contributed by atoms with Gasteiger partial charge in [-0.25, -0.2) is 9.59 Å². The first-order valence-electron chi connectivity index (χ1n) is 7.59. The van der Waals surface area contributed by atoms with Gasteiger partial charge in [-0.2, -0.15) is 0 Å². The fourth-order valence-corrected chi connectivity index (χ4v) is 2.33. The third-order valence-corrected chi connectivity index (χ3v) is 3.65. The molecule has 0 saturated carbocycles. The molecule has 1 amide bonds. The molecule has 0 saturated heterocycles. The van der Waals surface area contributed by atoms with E-state index in [4.69, 9.17) is 5.73 Å². The molecule has 0 atom stereocenters. The van der Waals surface area contributed by atoms with Gasteiger partial charge >= 0.3 is 11.9 Å². The zero-order valence-corrected chi connectivity index (χ0v) is 13.8. The average Bonchev–Trinajstić information content (AvgIpc) is 2.61. The fraction of sp³-hybridized carbons (Fsp3) is 0.111. The molecule has 0 bridgehead atoms. The summed E-state index contributed by atoms with van der Waals surface area (Å²) in [5, 5.41) is 21.1. The van der Waals surface area contributed by atoms with Crippen molar-refractivity contribution < 1.29 is 29.4 Å². The lowest BCUT2D eigenvalue weighted by Gasteiger charge is -2.12. The molecule has 26 heavy (non-hydrogen) atoms. The monoisotopic (exact) mass is 356 g/mol. The molecule has 2 aromatic carbocycles. The van der Waals surface area contributed by atoms with Gasteiger partial charge in [0.1, 0.15) is 0 Å². The molecule has 0 unspecified atom stereocenters. The second kappa shape index (κ2) is 7.47. The number of hydrogen-bond donors (Lipinski definition) is 4. The van der Waals surface area contributed by atoms with Crippen molar-refractivity contribution >= 4 is 35.0 Å². The van der Waals surface area contributed by atoms with Crippen LogP contribution in [0.1, 0.15) is 54.8 Å². The number of benzene rings is 2. The maximum absolute atomic E-state index is 12.5. The van der Waals surface area contributed by atoms with E-state index in [2.05, 4.69) is 5.32 Å². The van der Waals surface area contributed by atoms with Crippen LogP contribution in [0.15, 0.2) is 36.4 Å². The second-order valence-corrected chi connectivity index (χ2v) is 5.41. The maximum Gasteiger partial charge on any atom is 0.336 e.